The van der Waals surface area contributed by atoms with Crippen LogP contribution < -0.4 is 20.5 Å². The van der Waals surface area contributed by atoms with Crippen LogP contribution >= 0.6 is 0 Å². The topological polar surface area (TPSA) is 90.7 Å². The standard InChI is InChI=1S/C16H14N2O4/c17-15(19)10-4-3-5-11(8-10)18-16(20)14-9-21-12-6-1-2-7-13(12)22-14/h1-8,14H,9H2,(H2,17,19)(H,18,20)/t14-/m1/s1. The Morgan fingerprint density at radius 1 is 1.09 bits per heavy atom. The van der Waals surface area contributed by atoms with Crippen LogP contribution in [0, 0.1) is 0 Å². The molecule has 22 heavy (non-hydrogen) atoms. The Labute approximate surface area is 126 Å². The molecule has 0 fully saturated rings. The van der Waals surface area contributed by atoms with Crippen LogP contribution in [-0.4, -0.2) is 24.5 Å². The Morgan fingerprint density at radius 3 is 2.64 bits per heavy atom. The molecule has 0 aromatic heterocycles. The van der Waals surface area contributed by atoms with Gasteiger partial charge in [-0.1, -0.05) is 18.2 Å². The van der Waals surface area contributed by atoms with Gasteiger partial charge >= 0.3 is 0 Å². The van der Waals surface area contributed by atoms with Gasteiger partial charge in [-0.05, 0) is 30.3 Å². The highest BCUT2D eigenvalue weighted by Crippen LogP contribution is 2.31. The molecule has 1 atom stereocenters. The second kappa shape index (κ2) is 5.77. The van der Waals surface area contributed by atoms with E-state index in [0.717, 1.165) is 0 Å². The molecule has 0 aliphatic carbocycles. The molecule has 6 heteroatoms. The Bertz CT molecular complexity index is 730. The summed E-state index contributed by atoms with van der Waals surface area (Å²) in [5, 5.41) is 2.69. The highest BCUT2D eigenvalue weighted by atomic mass is 16.6. The summed E-state index contributed by atoms with van der Waals surface area (Å²) < 4.78 is 11.1. The molecular weight excluding hydrogens is 284 g/mol. The highest BCUT2D eigenvalue weighted by molar-refractivity contribution is 5.97. The van der Waals surface area contributed by atoms with Crippen molar-refractivity contribution in [3.63, 3.8) is 0 Å². The van der Waals surface area contributed by atoms with Gasteiger partial charge in [0.05, 0.1) is 0 Å². The van der Waals surface area contributed by atoms with Crippen molar-refractivity contribution in [3.05, 3.63) is 54.1 Å². The molecule has 2 aromatic carbocycles. The van der Waals surface area contributed by atoms with Crippen LogP contribution in [0.1, 0.15) is 10.4 Å². The maximum atomic E-state index is 12.2. The summed E-state index contributed by atoms with van der Waals surface area (Å²) in [6.07, 6.45) is -0.757. The Hall–Kier alpha value is -3.02. The first-order valence-corrected chi connectivity index (χ1v) is 6.73. The van der Waals surface area contributed by atoms with Crippen molar-refractivity contribution in [1.29, 1.82) is 0 Å². The lowest BCUT2D eigenvalue weighted by molar-refractivity contribution is -0.125. The van der Waals surface area contributed by atoms with E-state index in [1.165, 1.54) is 6.07 Å². The van der Waals surface area contributed by atoms with Crippen LogP contribution in [0.3, 0.4) is 0 Å². The molecular formula is C16H14N2O4. The number of anilines is 1. The van der Waals surface area contributed by atoms with E-state index in [-0.39, 0.29) is 12.5 Å². The van der Waals surface area contributed by atoms with Crippen LogP contribution in [0.4, 0.5) is 5.69 Å². The zero-order valence-corrected chi connectivity index (χ0v) is 11.6. The van der Waals surface area contributed by atoms with Gasteiger partial charge in [0.1, 0.15) is 6.61 Å². The number of carbonyl (C=O) groups excluding carboxylic acids is 2. The predicted molar refractivity (Wildman–Crippen MR) is 79.9 cm³/mol. The molecule has 112 valence electrons. The van der Waals surface area contributed by atoms with Crippen LogP contribution in [0.25, 0.3) is 0 Å². The maximum absolute atomic E-state index is 12.2. The van der Waals surface area contributed by atoms with Crippen molar-refractivity contribution in [2.45, 2.75) is 6.10 Å². The van der Waals surface area contributed by atoms with Crippen molar-refractivity contribution in [1.82, 2.24) is 0 Å². The van der Waals surface area contributed by atoms with Crippen molar-refractivity contribution in [2.24, 2.45) is 5.73 Å². The van der Waals surface area contributed by atoms with E-state index in [2.05, 4.69) is 5.32 Å². The molecule has 1 aliphatic heterocycles. The van der Waals surface area contributed by atoms with Gasteiger partial charge in [0, 0.05) is 11.3 Å². The lowest BCUT2D eigenvalue weighted by Gasteiger charge is -2.25. The Kier molecular flexibility index (Phi) is 3.65. The van der Waals surface area contributed by atoms with E-state index in [9.17, 15) is 9.59 Å². The Balaban J connectivity index is 1.71. The van der Waals surface area contributed by atoms with Gasteiger partial charge < -0.3 is 20.5 Å². The summed E-state index contributed by atoms with van der Waals surface area (Å²) in [6, 6.07) is 13.6. The number of amides is 2. The van der Waals surface area contributed by atoms with Crippen LogP contribution in [-0.2, 0) is 4.79 Å². The van der Waals surface area contributed by atoms with Crippen molar-refractivity contribution in [3.8, 4) is 11.5 Å². The molecule has 2 aromatic rings. The molecule has 0 radical (unpaired) electrons. The summed E-state index contributed by atoms with van der Waals surface area (Å²) in [5.41, 5.74) is 6.01. The lowest BCUT2D eigenvalue weighted by atomic mass is 10.2. The van der Waals surface area contributed by atoms with Crippen molar-refractivity contribution in [2.75, 3.05) is 11.9 Å². The van der Waals surface area contributed by atoms with E-state index in [4.69, 9.17) is 15.2 Å². The van der Waals surface area contributed by atoms with E-state index < -0.39 is 12.0 Å². The molecule has 0 spiro atoms. The second-order valence-electron chi connectivity index (χ2n) is 4.80. The number of carbonyl (C=O) groups is 2. The third kappa shape index (κ3) is 2.85. The molecule has 2 amide bonds. The van der Waals surface area contributed by atoms with Gasteiger partial charge in [-0.15, -0.1) is 0 Å². The first-order valence-electron chi connectivity index (χ1n) is 6.73. The number of para-hydroxylation sites is 2. The van der Waals surface area contributed by atoms with E-state index in [0.29, 0.717) is 22.7 Å². The summed E-state index contributed by atoms with van der Waals surface area (Å²) in [5.74, 6) is 0.237. The average molecular weight is 298 g/mol. The summed E-state index contributed by atoms with van der Waals surface area (Å²) in [6.45, 7) is 0.123. The number of nitrogens with one attached hydrogen (secondary N) is 1. The molecule has 0 saturated heterocycles. The number of primary amides is 1. The van der Waals surface area contributed by atoms with Gasteiger partial charge in [0.25, 0.3) is 5.91 Å². The first kappa shape index (κ1) is 13.9. The zero-order chi connectivity index (χ0) is 15.5. The predicted octanol–water partition coefficient (Wildman–Crippen LogP) is 1.56. The number of fused-ring (bicyclic) bond motifs is 1. The van der Waals surface area contributed by atoms with Crippen LogP contribution in [0.2, 0.25) is 0 Å². The minimum absolute atomic E-state index is 0.123. The molecule has 0 unspecified atom stereocenters. The molecule has 0 saturated carbocycles. The lowest BCUT2D eigenvalue weighted by Crippen LogP contribution is -2.40. The summed E-state index contributed by atoms with van der Waals surface area (Å²) in [7, 11) is 0. The maximum Gasteiger partial charge on any atom is 0.269 e. The van der Waals surface area contributed by atoms with Gasteiger partial charge in [-0.3, -0.25) is 9.59 Å². The van der Waals surface area contributed by atoms with Crippen molar-refractivity contribution < 1.29 is 19.1 Å². The quantitative estimate of drug-likeness (QED) is 0.899. The number of hydrogen-bond donors (Lipinski definition) is 2. The minimum atomic E-state index is -0.757. The minimum Gasteiger partial charge on any atom is -0.485 e. The normalized spacial score (nSPS) is 15.9. The van der Waals surface area contributed by atoms with Gasteiger partial charge in [-0.2, -0.15) is 0 Å². The summed E-state index contributed by atoms with van der Waals surface area (Å²) >= 11 is 0. The Morgan fingerprint density at radius 2 is 1.86 bits per heavy atom. The number of nitrogens with two attached hydrogens (primary N) is 1. The fraction of sp³-hybridized carbons (Fsp3) is 0.125. The summed E-state index contributed by atoms with van der Waals surface area (Å²) in [4.78, 5) is 23.4. The van der Waals surface area contributed by atoms with Crippen molar-refractivity contribution >= 4 is 17.5 Å². The molecule has 0 bridgehead atoms. The largest absolute Gasteiger partial charge is 0.485 e. The SMILES string of the molecule is NC(=O)c1cccc(NC(=O)[C@H]2COc3ccccc3O2)c1. The molecule has 3 rings (SSSR count). The molecule has 1 aliphatic rings. The average Bonchev–Trinajstić information content (AvgIpc) is 2.54. The fourth-order valence-electron chi connectivity index (χ4n) is 2.12. The highest BCUT2D eigenvalue weighted by Gasteiger charge is 2.27. The van der Waals surface area contributed by atoms with Gasteiger partial charge in [0.15, 0.2) is 11.5 Å². The smallest absolute Gasteiger partial charge is 0.269 e. The van der Waals surface area contributed by atoms with E-state index >= 15 is 0 Å². The monoisotopic (exact) mass is 298 g/mol. The second-order valence-corrected chi connectivity index (χ2v) is 4.80. The van der Waals surface area contributed by atoms with E-state index in [1.54, 1.807) is 36.4 Å². The van der Waals surface area contributed by atoms with Gasteiger partial charge in [-0.25, -0.2) is 0 Å². The number of hydrogen-bond acceptors (Lipinski definition) is 4. The number of rotatable bonds is 3. The fourth-order valence-corrected chi connectivity index (χ4v) is 2.12. The number of benzene rings is 2. The first-order chi connectivity index (χ1) is 10.6. The third-order valence-electron chi connectivity index (χ3n) is 3.22. The molecule has 1 heterocycles. The van der Waals surface area contributed by atoms with Crippen LogP contribution in [0.5, 0.6) is 11.5 Å². The zero-order valence-electron chi connectivity index (χ0n) is 11.6. The van der Waals surface area contributed by atoms with Crippen LogP contribution in [0.15, 0.2) is 48.5 Å². The number of ether oxygens (including phenoxy) is 2. The molecule has 3 N–H and O–H groups in total. The molecule has 6 nitrogen and oxygen atoms in total. The van der Waals surface area contributed by atoms with Gasteiger partial charge in [0.2, 0.25) is 12.0 Å². The third-order valence-corrected chi connectivity index (χ3v) is 3.22. The van der Waals surface area contributed by atoms with E-state index in [1.807, 2.05) is 6.07 Å².